The van der Waals surface area contributed by atoms with Crippen molar-refractivity contribution in [2.75, 3.05) is 18.0 Å². The molecule has 1 aromatic rings. The largest absolute Gasteiger partial charge is 0.370 e. The molecule has 0 aliphatic carbocycles. The lowest BCUT2D eigenvalue weighted by Crippen LogP contribution is -2.54. The monoisotopic (exact) mass is 292 g/mol. The van der Waals surface area contributed by atoms with Crippen LogP contribution in [-0.4, -0.2) is 31.3 Å². The van der Waals surface area contributed by atoms with Gasteiger partial charge in [-0.25, -0.2) is 0 Å². The standard InChI is InChI=1S/C15H17ClN2O2/c16-12-2-1-3-14(11(12)9-19)18-7-6-13-10(8-18)4-5-15(20)17-13/h1-3,9-10,13H,4-8H2,(H,17,20). The van der Waals surface area contributed by atoms with Gasteiger partial charge in [0, 0.05) is 31.2 Å². The summed E-state index contributed by atoms with van der Waals surface area (Å²) in [5, 5.41) is 3.57. The third-order valence-corrected chi connectivity index (χ3v) is 4.64. The van der Waals surface area contributed by atoms with Gasteiger partial charge in [0.1, 0.15) is 0 Å². The van der Waals surface area contributed by atoms with Crippen LogP contribution < -0.4 is 10.2 Å². The molecule has 2 fully saturated rings. The molecule has 0 aromatic heterocycles. The van der Waals surface area contributed by atoms with Crippen LogP contribution in [0.2, 0.25) is 5.02 Å². The fourth-order valence-corrected chi connectivity index (χ4v) is 3.46. The quantitative estimate of drug-likeness (QED) is 0.851. The fraction of sp³-hybridized carbons (Fsp3) is 0.467. The Morgan fingerprint density at radius 1 is 1.35 bits per heavy atom. The number of fused-ring (bicyclic) bond motifs is 1. The van der Waals surface area contributed by atoms with Crippen LogP contribution in [0.15, 0.2) is 18.2 Å². The van der Waals surface area contributed by atoms with Crippen LogP contribution in [0.3, 0.4) is 0 Å². The number of hydrogen-bond acceptors (Lipinski definition) is 3. The lowest BCUT2D eigenvalue weighted by Gasteiger charge is -2.42. The third kappa shape index (κ3) is 2.40. The van der Waals surface area contributed by atoms with E-state index in [0.717, 1.165) is 37.9 Å². The molecule has 106 valence electrons. The zero-order valence-electron chi connectivity index (χ0n) is 11.1. The first-order valence-corrected chi connectivity index (χ1v) is 7.35. The van der Waals surface area contributed by atoms with E-state index in [1.165, 1.54) is 0 Å². The van der Waals surface area contributed by atoms with Crippen LogP contribution in [-0.2, 0) is 4.79 Å². The van der Waals surface area contributed by atoms with Crippen molar-refractivity contribution < 1.29 is 9.59 Å². The highest BCUT2D eigenvalue weighted by atomic mass is 35.5. The highest BCUT2D eigenvalue weighted by molar-refractivity contribution is 6.33. The molecule has 1 N–H and O–H groups in total. The van der Waals surface area contributed by atoms with Crippen LogP contribution in [0.1, 0.15) is 29.6 Å². The molecule has 0 bridgehead atoms. The van der Waals surface area contributed by atoms with Crippen molar-refractivity contribution >= 4 is 29.5 Å². The van der Waals surface area contributed by atoms with Crippen molar-refractivity contribution in [2.45, 2.75) is 25.3 Å². The van der Waals surface area contributed by atoms with Crippen molar-refractivity contribution in [2.24, 2.45) is 5.92 Å². The maximum atomic E-state index is 11.4. The van der Waals surface area contributed by atoms with Crippen molar-refractivity contribution in [3.05, 3.63) is 28.8 Å². The molecule has 2 unspecified atom stereocenters. The van der Waals surface area contributed by atoms with Crippen LogP contribution in [0.5, 0.6) is 0 Å². The number of anilines is 1. The van der Waals surface area contributed by atoms with Gasteiger partial charge in [-0.1, -0.05) is 17.7 Å². The highest BCUT2D eigenvalue weighted by Crippen LogP contribution is 2.32. The maximum Gasteiger partial charge on any atom is 0.220 e. The Morgan fingerprint density at radius 3 is 3.00 bits per heavy atom. The molecule has 3 rings (SSSR count). The number of nitrogens with zero attached hydrogens (tertiary/aromatic N) is 1. The minimum absolute atomic E-state index is 0.163. The van der Waals surface area contributed by atoms with Crippen LogP contribution in [0.4, 0.5) is 5.69 Å². The Bertz CT molecular complexity index is 547. The number of amides is 1. The van der Waals surface area contributed by atoms with Gasteiger partial charge in [-0.2, -0.15) is 0 Å². The molecule has 0 radical (unpaired) electrons. The average Bonchev–Trinajstić information content (AvgIpc) is 2.46. The summed E-state index contributed by atoms with van der Waals surface area (Å²) in [5.41, 5.74) is 1.47. The summed E-state index contributed by atoms with van der Waals surface area (Å²) in [4.78, 5) is 24.9. The molecule has 0 spiro atoms. The molecule has 5 heteroatoms. The second-order valence-corrected chi connectivity index (χ2v) is 5.91. The van der Waals surface area contributed by atoms with E-state index in [4.69, 9.17) is 11.6 Å². The summed E-state index contributed by atoms with van der Waals surface area (Å²) in [6.07, 6.45) is 3.27. The van der Waals surface area contributed by atoms with Gasteiger partial charge in [0.05, 0.1) is 10.6 Å². The SMILES string of the molecule is O=Cc1c(Cl)cccc1N1CCC2NC(=O)CCC2C1. The summed E-state index contributed by atoms with van der Waals surface area (Å²) in [7, 11) is 0. The van der Waals surface area contributed by atoms with E-state index in [-0.39, 0.29) is 11.9 Å². The Labute approximate surface area is 123 Å². The average molecular weight is 293 g/mol. The third-order valence-electron chi connectivity index (χ3n) is 4.31. The lowest BCUT2D eigenvalue weighted by molar-refractivity contribution is -0.124. The second kappa shape index (κ2) is 5.44. The molecule has 2 heterocycles. The van der Waals surface area contributed by atoms with Gasteiger partial charge >= 0.3 is 0 Å². The number of carbonyl (C=O) groups is 2. The van der Waals surface area contributed by atoms with E-state index in [1.807, 2.05) is 12.1 Å². The zero-order chi connectivity index (χ0) is 14.1. The van der Waals surface area contributed by atoms with E-state index < -0.39 is 0 Å². The van der Waals surface area contributed by atoms with Gasteiger partial charge in [-0.3, -0.25) is 9.59 Å². The first kappa shape index (κ1) is 13.4. The summed E-state index contributed by atoms with van der Waals surface area (Å²) in [6, 6.07) is 5.84. The zero-order valence-corrected chi connectivity index (χ0v) is 11.9. The molecule has 0 saturated carbocycles. The summed E-state index contributed by atoms with van der Waals surface area (Å²) >= 11 is 6.09. The number of rotatable bonds is 2. The summed E-state index contributed by atoms with van der Waals surface area (Å²) < 4.78 is 0. The molecular formula is C15H17ClN2O2. The molecule has 2 aliphatic heterocycles. The van der Waals surface area contributed by atoms with Crippen molar-refractivity contribution in [3.8, 4) is 0 Å². The van der Waals surface area contributed by atoms with Crippen LogP contribution >= 0.6 is 11.6 Å². The van der Waals surface area contributed by atoms with Gasteiger partial charge in [0.25, 0.3) is 0 Å². The number of benzene rings is 1. The molecule has 2 aliphatic rings. The lowest BCUT2D eigenvalue weighted by atomic mass is 9.85. The van der Waals surface area contributed by atoms with E-state index in [0.29, 0.717) is 22.9 Å². The van der Waals surface area contributed by atoms with E-state index in [2.05, 4.69) is 10.2 Å². The van der Waals surface area contributed by atoms with E-state index in [1.54, 1.807) is 6.07 Å². The molecule has 1 aromatic carbocycles. The minimum atomic E-state index is 0.163. The minimum Gasteiger partial charge on any atom is -0.370 e. The number of nitrogens with one attached hydrogen (secondary N) is 1. The van der Waals surface area contributed by atoms with Gasteiger partial charge in [-0.05, 0) is 30.9 Å². The fourth-order valence-electron chi connectivity index (χ4n) is 3.25. The first-order chi connectivity index (χ1) is 9.69. The topological polar surface area (TPSA) is 49.4 Å². The number of carbonyl (C=O) groups excluding carboxylic acids is 2. The highest BCUT2D eigenvalue weighted by Gasteiger charge is 2.34. The van der Waals surface area contributed by atoms with Crippen molar-refractivity contribution in [3.63, 3.8) is 0 Å². The molecule has 1 amide bonds. The molecule has 4 nitrogen and oxygen atoms in total. The maximum absolute atomic E-state index is 11.4. The normalized spacial score (nSPS) is 25.9. The van der Waals surface area contributed by atoms with Gasteiger partial charge in [0.15, 0.2) is 6.29 Å². The van der Waals surface area contributed by atoms with E-state index >= 15 is 0 Å². The molecule has 2 atom stereocenters. The van der Waals surface area contributed by atoms with Gasteiger partial charge in [-0.15, -0.1) is 0 Å². The van der Waals surface area contributed by atoms with Gasteiger partial charge in [0.2, 0.25) is 5.91 Å². The van der Waals surface area contributed by atoms with E-state index in [9.17, 15) is 9.59 Å². The number of piperidine rings is 2. The number of aldehydes is 1. The molecule has 2 saturated heterocycles. The smallest absolute Gasteiger partial charge is 0.220 e. The van der Waals surface area contributed by atoms with Gasteiger partial charge < -0.3 is 10.2 Å². The van der Waals surface area contributed by atoms with Crippen LogP contribution in [0.25, 0.3) is 0 Å². The second-order valence-electron chi connectivity index (χ2n) is 5.50. The first-order valence-electron chi connectivity index (χ1n) is 6.97. The predicted octanol–water partition coefficient (Wildman–Crippen LogP) is 2.26. The van der Waals surface area contributed by atoms with Crippen molar-refractivity contribution in [1.82, 2.24) is 5.32 Å². The Morgan fingerprint density at radius 2 is 2.20 bits per heavy atom. The predicted molar refractivity (Wildman–Crippen MR) is 78.3 cm³/mol. The summed E-state index contributed by atoms with van der Waals surface area (Å²) in [5.74, 6) is 0.621. The number of hydrogen-bond donors (Lipinski definition) is 1. The Balaban J connectivity index is 1.81. The van der Waals surface area contributed by atoms with Crippen LogP contribution in [0, 0.1) is 5.92 Å². The molecule has 20 heavy (non-hydrogen) atoms. The van der Waals surface area contributed by atoms with Crippen molar-refractivity contribution in [1.29, 1.82) is 0 Å². The summed E-state index contributed by atoms with van der Waals surface area (Å²) in [6.45, 7) is 1.70. The Kier molecular flexibility index (Phi) is 3.66. The number of halogens is 1. The molecular weight excluding hydrogens is 276 g/mol. The Hall–Kier alpha value is -1.55.